The number of carbonyl (C=O) groups is 2. The van der Waals surface area contributed by atoms with Gasteiger partial charge in [0.25, 0.3) is 11.5 Å². The number of fused-ring (bicyclic) bond motifs is 1. The number of para-hydroxylation sites is 1. The van der Waals surface area contributed by atoms with E-state index in [1.54, 1.807) is 37.4 Å². The third-order valence-electron chi connectivity index (χ3n) is 6.42. The molecule has 4 rings (SSSR count). The summed E-state index contributed by atoms with van der Waals surface area (Å²) in [7, 11) is -0.945. The van der Waals surface area contributed by atoms with Crippen LogP contribution in [0.2, 0.25) is 0 Å². The molecule has 0 bridgehead atoms. The van der Waals surface area contributed by atoms with E-state index in [2.05, 4.69) is 10.3 Å². The summed E-state index contributed by atoms with van der Waals surface area (Å²) >= 11 is 0. The molecule has 0 aliphatic carbocycles. The zero-order valence-corrected chi connectivity index (χ0v) is 22.7. The molecule has 40 heavy (non-hydrogen) atoms. The number of rotatable bonds is 9. The van der Waals surface area contributed by atoms with E-state index in [-0.39, 0.29) is 29.6 Å². The number of aromatic nitrogens is 2. The van der Waals surface area contributed by atoms with Gasteiger partial charge in [0.2, 0.25) is 5.91 Å². The molecule has 0 aliphatic rings. The predicted octanol–water partition coefficient (Wildman–Crippen LogP) is 3.27. The normalized spacial score (nSPS) is 11.3. The van der Waals surface area contributed by atoms with Crippen LogP contribution in [-0.4, -0.2) is 51.1 Å². The molecular weight excluding hydrogens is 538 g/mol. The molecule has 4 aromatic rings. The topological polar surface area (TPSA) is 142 Å². The summed E-state index contributed by atoms with van der Waals surface area (Å²) in [5.74, 6) is -2.48. The van der Waals surface area contributed by atoms with Crippen molar-refractivity contribution < 1.29 is 28.5 Å². The molecule has 0 saturated carbocycles. The highest BCUT2D eigenvalue weighted by molar-refractivity contribution is 7.38. The van der Waals surface area contributed by atoms with Crippen molar-refractivity contribution in [3.05, 3.63) is 99.2 Å². The number of hydrogen-bond acceptors (Lipinski definition) is 6. The Hall–Kier alpha value is -4.47. The Morgan fingerprint density at radius 3 is 2.50 bits per heavy atom. The van der Waals surface area contributed by atoms with Crippen LogP contribution < -0.4 is 15.8 Å². The minimum atomic E-state index is -2.51. The number of nitrogens with one attached hydrogen (secondary N) is 1. The van der Waals surface area contributed by atoms with Gasteiger partial charge in [-0.25, -0.2) is 4.39 Å². The molecule has 2 aromatic heterocycles. The van der Waals surface area contributed by atoms with Gasteiger partial charge in [0.05, 0.1) is 12.1 Å². The number of aryl methyl sites for hydroxylation is 1. The Bertz CT molecular complexity index is 1670. The highest BCUT2D eigenvalue weighted by Gasteiger charge is 2.26. The standard InChI is InChI=1S/C28H26FN4O6P/c1-17-5-3-4-6-21(17)32(2)23(34)16-33-22-14-19(13-18-7-9-20(29)10-8-18)15-31-25(22)26(35)24(28(33)37)27(36)30-11-12-40(38)39/h3-10,14-15H,11-13,16H2,1-2H3,(H2-,30,35,36,37,38,39)/p+1. The second-order valence-electron chi connectivity index (χ2n) is 9.20. The van der Waals surface area contributed by atoms with E-state index in [9.17, 15) is 28.4 Å². The zero-order valence-electron chi connectivity index (χ0n) is 21.8. The van der Waals surface area contributed by atoms with Crippen LogP contribution in [0, 0.1) is 12.7 Å². The monoisotopic (exact) mass is 565 g/mol. The molecule has 3 N–H and O–H groups in total. The smallest absolute Gasteiger partial charge is 0.505 e. The predicted molar refractivity (Wildman–Crippen MR) is 148 cm³/mol. The Morgan fingerprint density at radius 2 is 1.82 bits per heavy atom. The van der Waals surface area contributed by atoms with Crippen LogP contribution in [0.1, 0.15) is 27.0 Å². The second kappa shape index (κ2) is 12.1. The SMILES string of the molecule is Cc1ccccc1N(C)C(=O)Cn1c(=O)c(C(=O)NCC[P+](=O)O)c(O)c2ncc(Cc3ccc(F)cc3)cc21. The fourth-order valence-corrected chi connectivity index (χ4v) is 4.62. The van der Waals surface area contributed by atoms with Crippen molar-refractivity contribution in [2.24, 2.45) is 0 Å². The number of carbonyl (C=O) groups excluding carboxylic acids is 2. The van der Waals surface area contributed by atoms with Crippen LogP contribution in [0.15, 0.2) is 65.6 Å². The number of anilines is 1. The molecule has 206 valence electrons. The Kier molecular flexibility index (Phi) is 8.67. The molecule has 1 atom stereocenters. The maximum absolute atomic E-state index is 13.6. The van der Waals surface area contributed by atoms with Crippen molar-refractivity contribution >= 4 is 36.6 Å². The quantitative estimate of drug-likeness (QED) is 0.265. The van der Waals surface area contributed by atoms with E-state index in [1.807, 2.05) is 19.1 Å². The molecule has 2 amide bonds. The molecular formula is C28H27FN4O6P+. The molecule has 10 nitrogen and oxygen atoms in total. The van der Waals surface area contributed by atoms with Crippen molar-refractivity contribution in [3.63, 3.8) is 0 Å². The van der Waals surface area contributed by atoms with Crippen LogP contribution in [0.5, 0.6) is 5.75 Å². The Balaban J connectivity index is 1.80. The van der Waals surface area contributed by atoms with Crippen LogP contribution >= 0.6 is 8.03 Å². The van der Waals surface area contributed by atoms with E-state index >= 15 is 0 Å². The maximum atomic E-state index is 13.6. The zero-order chi connectivity index (χ0) is 29.0. The van der Waals surface area contributed by atoms with E-state index in [4.69, 9.17) is 4.89 Å². The first-order chi connectivity index (χ1) is 19.1. The van der Waals surface area contributed by atoms with Gasteiger partial charge in [0.15, 0.2) is 11.9 Å². The lowest BCUT2D eigenvalue weighted by Crippen LogP contribution is -2.38. The second-order valence-corrected chi connectivity index (χ2v) is 10.4. The number of benzene rings is 2. The number of nitrogens with zero attached hydrogens (tertiary/aromatic N) is 3. The minimum Gasteiger partial charge on any atom is -0.505 e. The van der Waals surface area contributed by atoms with Crippen molar-refractivity contribution in [1.29, 1.82) is 0 Å². The number of aromatic hydroxyl groups is 1. The molecule has 2 heterocycles. The summed E-state index contributed by atoms with van der Waals surface area (Å²) in [6.07, 6.45) is 1.55. The maximum Gasteiger partial charge on any atom is 0.507 e. The van der Waals surface area contributed by atoms with Crippen LogP contribution in [0.4, 0.5) is 10.1 Å². The highest BCUT2D eigenvalue weighted by atomic mass is 31.1. The first-order valence-corrected chi connectivity index (χ1v) is 13.7. The van der Waals surface area contributed by atoms with E-state index in [0.29, 0.717) is 17.7 Å². The average Bonchev–Trinajstić information content (AvgIpc) is 2.92. The fourth-order valence-electron chi connectivity index (χ4n) is 4.31. The summed E-state index contributed by atoms with van der Waals surface area (Å²) in [5.41, 5.74) is 1.36. The summed E-state index contributed by atoms with van der Waals surface area (Å²) in [6.45, 7) is 1.17. The summed E-state index contributed by atoms with van der Waals surface area (Å²) in [4.78, 5) is 54.6. The van der Waals surface area contributed by atoms with Gasteiger partial charge in [0, 0.05) is 18.9 Å². The van der Waals surface area contributed by atoms with Gasteiger partial charge in [-0.1, -0.05) is 30.3 Å². The van der Waals surface area contributed by atoms with Gasteiger partial charge in [-0.3, -0.25) is 23.9 Å². The van der Waals surface area contributed by atoms with Crippen molar-refractivity contribution in [1.82, 2.24) is 14.9 Å². The lowest BCUT2D eigenvalue weighted by Gasteiger charge is -2.21. The largest absolute Gasteiger partial charge is 0.507 e. The first kappa shape index (κ1) is 28.5. The Morgan fingerprint density at radius 1 is 1.12 bits per heavy atom. The average molecular weight is 566 g/mol. The third kappa shape index (κ3) is 6.22. The van der Waals surface area contributed by atoms with Gasteiger partial charge < -0.3 is 15.3 Å². The van der Waals surface area contributed by atoms with Gasteiger partial charge in [0.1, 0.15) is 23.4 Å². The number of pyridine rings is 2. The van der Waals surface area contributed by atoms with Crippen molar-refractivity contribution in [2.75, 3.05) is 24.7 Å². The van der Waals surface area contributed by atoms with E-state index < -0.39 is 43.3 Å². The van der Waals surface area contributed by atoms with Crippen molar-refractivity contribution in [3.8, 4) is 5.75 Å². The van der Waals surface area contributed by atoms with Gasteiger partial charge >= 0.3 is 8.03 Å². The molecule has 0 aliphatic heterocycles. The molecule has 2 aromatic carbocycles. The number of halogens is 1. The van der Waals surface area contributed by atoms with Crippen LogP contribution in [0.3, 0.4) is 0 Å². The molecule has 0 radical (unpaired) electrons. The van der Waals surface area contributed by atoms with Gasteiger partial charge in [-0.15, -0.1) is 0 Å². The third-order valence-corrected chi connectivity index (χ3v) is 7.02. The Labute approximate surface area is 229 Å². The molecule has 0 fully saturated rings. The van der Waals surface area contributed by atoms with E-state index in [0.717, 1.165) is 15.7 Å². The molecule has 12 heteroatoms. The number of amides is 2. The number of likely N-dealkylation sites (N-methyl/N-ethyl adjacent to an activating group) is 1. The lowest BCUT2D eigenvalue weighted by atomic mass is 10.1. The summed E-state index contributed by atoms with van der Waals surface area (Å²) in [5, 5.41) is 13.3. The molecule has 0 spiro atoms. The van der Waals surface area contributed by atoms with Crippen LogP contribution in [-0.2, 0) is 22.3 Å². The summed E-state index contributed by atoms with van der Waals surface area (Å²) < 4.78 is 25.4. The van der Waals surface area contributed by atoms with Crippen LogP contribution in [0.25, 0.3) is 11.0 Å². The van der Waals surface area contributed by atoms with Crippen molar-refractivity contribution in [2.45, 2.75) is 19.9 Å². The molecule has 0 saturated heterocycles. The number of hydrogen-bond donors (Lipinski definition) is 3. The van der Waals surface area contributed by atoms with Gasteiger partial charge in [-0.05, 0) is 58.9 Å². The minimum absolute atomic E-state index is 0.0767. The lowest BCUT2D eigenvalue weighted by molar-refractivity contribution is -0.118. The molecule has 1 unspecified atom stereocenters. The summed E-state index contributed by atoms with van der Waals surface area (Å²) in [6, 6.07) is 14.7. The highest BCUT2D eigenvalue weighted by Crippen LogP contribution is 2.27. The van der Waals surface area contributed by atoms with Gasteiger partial charge in [-0.2, -0.15) is 4.89 Å². The fraction of sp³-hybridized carbons (Fsp3) is 0.214. The first-order valence-electron chi connectivity index (χ1n) is 12.3. The van der Waals surface area contributed by atoms with E-state index in [1.165, 1.54) is 23.2 Å².